The molecule has 0 aromatic carbocycles. The molecule has 16 heavy (non-hydrogen) atoms. The van der Waals surface area contributed by atoms with Crippen LogP contribution in [0.2, 0.25) is 0 Å². The Morgan fingerprint density at radius 2 is 2.19 bits per heavy atom. The van der Waals surface area contributed by atoms with Gasteiger partial charge < -0.3 is 4.74 Å². The zero-order chi connectivity index (χ0) is 11.8. The van der Waals surface area contributed by atoms with E-state index in [1.807, 2.05) is 0 Å². The molecular weight excluding hydrogens is 206 g/mol. The van der Waals surface area contributed by atoms with Crippen molar-refractivity contribution in [1.29, 1.82) is 0 Å². The van der Waals surface area contributed by atoms with Crippen LogP contribution < -0.4 is 0 Å². The second-order valence-corrected chi connectivity index (χ2v) is 3.32. The van der Waals surface area contributed by atoms with Crippen molar-refractivity contribution < 1.29 is 14.3 Å². The van der Waals surface area contributed by atoms with Gasteiger partial charge in [0.2, 0.25) is 0 Å². The highest BCUT2D eigenvalue weighted by Crippen LogP contribution is 2.06. The number of rotatable bonds is 6. The maximum absolute atomic E-state index is 11.6. The number of Topliss-reactive ketones (excluding diaryl/α,β-unsaturated/α-hetero) is 1. The molecule has 0 saturated carbocycles. The van der Waals surface area contributed by atoms with E-state index < -0.39 is 0 Å². The predicted octanol–water partition coefficient (Wildman–Crippen LogP) is 2.00. The smallest absolute Gasteiger partial charge is 0.305 e. The molecule has 0 aliphatic carbocycles. The van der Waals surface area contributed by atoms with Crippen LogP contribution in [0.25, 0.3) is 0 Å². The van der Waals surface area contributed by atoms with Gasteiger partial charge in [-0.05, 0) is 25.5 Å². The van der Waals surface area contributed by atoms with Crippen molar-refractivity contribution in [2.45, 2.75) is 26.2 Å². The molecular formula is C12H15NO3. The molecule has 0 N–H and O–H groups in total. The van der Waals surface area contributed by atoms with Gasteiger partial charge in [-0.2, -0.15) is 0 Å². The number of nitrogens with zero attached hydrogens (tertiary/aromatic N) is 1. The van der Waals surface area contributed by atoms with Crippen LogP contribution in [-0.2, 0) is 9.53 Å². The topological polar surface area (TPSA) is 56.3 Å². The summed E-state index contributed by atoms with van der Waals surface area (Å²) in [6.45, 7) is 2.15. The highest BCUT2D eigenvalue weighted by Gasteiger charge is 2.07. The zero-order valence-corrected chi connectivity index (χ0v) is 9.31. The molecule has 0 saturated heterocycles. The summed E-state index contributed by atoms with van der Waals surface area (Å²) in [6.07, 6.45) is 4.32. The third-order valence-electron chi connectivity index (χ3n) is 2.07. The van der Waals surface area contributed by atoms with Crippen LogP contribution in [0.4, 0.5) is 0 Å². The molecule has 1 rings (SSSR count). The summed E-state index contributed by atoms with van der Waals surface area (Å²) in [6, 6.07) is 3.44. The Kier molecular flexibility index (Phi) is 5.19. The van der Waals surface area contributed by atoms with Crippen molar-refractivity contribution in [3.63, 3.8) is 0 Å². The van der Waals surface area contributed by atoms with Crippen molar-refractivity contribution in [3.05, 3.63) is 30.1 Å². The molecule has 1 aromatic heterocycles. The van der Waals surface area contributed by atoms with Gasteiger partial charge in [-0.1, -0.05) is 0 Å². The Balaban J connectivity index is 2.29. The molecule has 1 aromatic rings. The molecule has 0 spiro atoms. The standard InChI is InChI=1S/C12H15NO3/c1-2-16-12(15)7-3-6-11(14)10-5-4-8-13-9-10/h4-5,8-9H,2-3,6-7H2,1H3. The van der Waals surface area contributed by atoms with Gasteiger partial charge in [-0.25, -0.2) is 0 Å². The van der Waals surface area contributed by atoms with E-state index in [0.717, 1.165) is 0 Å². The van der Waals surface area contributed by atoms with Gasteiger partial charge >= 0.3 is 5.97 Å². The van der Waals surface area contributed by atoms with Gasteiger partial charge in [-0.3, -0.25) is 14.6 Å². The first kappa shape index (κ1) is 12.4. The third kappa shape index (κ3) is 4.21. The number of ketones is 1. The van der Waals surface area contributed by atoms with E-state index in [-0.39, 0.29) is 11.8 Å². The summed E-state index contributed by atoms with van der Waals surface area (Å²) in [5.41, 5.74) is 0.589. The van der Waals surface area contributed by atoms with Crippen LogP contribution in [-0.4, -0.2) is 23.3 Å². The van der Waals surface area contributed by atoms with E-state index in [1.165, 1.54) is 6.20 Å². The first-order valence-corrected chi connectivity index (χ1v) is 5.33. The lowest BCUT2D eigenvalue weighted by Gasteiger charge is -2.01. The second-order valence-electron chi connectivity index (χ2n) is 3.32. The Labute approximate surface area is 94.6 Å². The van der Waals surface area contributed by atoms with E-state index >= 15 is 0 Å². The van der Waals surface area contributed by atoms with Gasteiger partial charge in [0, 0.05) is 30.8 Å². The van der Waals surface area contributed by atoms with Crippen molar-refractivity contribution in [3.8, 4) is 0 Å². The molecule has 4 nitrogen and oxygen atoms in total. The van der Waals surface area contributed by atoms with Crippen LogP contribution in [0, 0.1) is 0 Å². The summed E-state index contributed by atoms with van der Waals surface area (Å²) < 4.78 is 4.77. The Morgan fingerprint density at radius 3 is 2.81 bits per heavy atom. The second kappa shape index (κ2) is 6.71. The molecule has 0 amide bonds. The number of hydrogen-bond acceptors (Lipinski definition) is 4. The van der Waals surface area contributed by atoms with Gasteiger partial charge in [0.15, 0.2) is 5.78 Å². The van der Waals surface area contributed by atoms with Crippen molar-refractivity contribution in [2.24, 2.45) is 0 Å². The SMILES string of the molecule is CCOC(=O)CCCC(=O)c1cccnc1. The highest BCUT2D eigenvalue weighted by molar-refractivity contribution is 5.95. The maximum Gasteiger partial charge on any atom is 0.305 e. The van der Waals surface area contributed by atoms with Gasteiger partial charge in [0.05, 0.1) is 6.61 Å². The fourth-order valence-corrected chi connectivity index (χ4v) is 1.30. The van der Waals surface area contributed by atoms with Crippen molar-refractivity contribution in [1.82, 2.24) is 4.98 Å². The van der Waals surface area contributed by atoms with Gasteiger partial charge in [0.25, 0.3) is 0 Å². The molecule has 0 bridgehead atoms. The molecule has 0 radical (unpaired) electrons. The highest BCUT2D eigenvalue weighted by atomic mass is 16.5. The van der Waals surface area contributed by atoms with Gasteiger partial charge in [-0.15, -0.1) is 0 Å². The van der Waals surface area contributed by atoms with E-state index in [2.05, 4.69) is 4.98 Å². The number of aromatic nitrogens is 1. The minimum atomic E-state index is -0.249. The molecule has 1 heterocycles. The number of carbonyl (C=O) groups is 2. The normalized spacial score (nSPS) is 9.81. The number of ether oxygens (including phenoxy) is 1. The quantitative estimate of drug-likeness (QED) is 0.544. The van der Waals surface area contributed by atoms with E-state index in [9.17, 15) is 9.59 Å². The lowest BCUT2D eigenvalue weighted by atomic mass is 10.1. The minimum absolute atomic E-state index is 0.0115. The van der Waals surface area contributed by atoms with Gasteiger partial charge in [0.1, 0.15) is 0 Å². The number of pyridine rings is 1. The Bertz CT molecular complexity index is 349. The average Bonchev–Trinajstić information content (AvgIpc) is 2.30. The fraction of sp³-hybridized carbons (Fsp3) is 0.417. The minimum Gasteiger partial charge on any atom is -0.466 e. The molecule has 0 fully saturated rings. The number of carbonyl (C=O) groups excluding carboxylic acids is 2. The first-order chi connectivity index (χ1) is 7.74. The molecule has 4 heteroatoms. The van der Waals surface area contributed by atoms with Crippen molar-refractivity contribution >= 4 is 11.8 Å². The zero-order valence-electron chi connectivity index (χ0n) is 9.31. The van der Waals surface area contributed by atoms with Crippen LogP contribution in [0.3, 0.4) is 0 Å². The first-order valence-electron chi connectivity index (χ1n) is 5.33. The monoisotopic (exact) mass is 221 g/mol. The summed E-state index contributed by atoms with van der Waals surface area (Å²) >= 11 is 0. The Morgan fingerprint density at radius 1 is 1.38 bits per heavy atom. The lowest BCUT2D eigenvalue weighted by molar-refractivity contribution is -0.143. The molecule has 0 unspecified atom stereocenters. The fourth-order valence-electron chi connectivity index (χ4n) is 1.30. The summed E-state index contributed by atoms with van der Waals surface area (Å²) in [5.74, 6) is -0.237. The van der Waals surface area contributed by atoms with Crippen LogP contribution in [0.15, 0.2) is 24.5 Å². The van der Waals surface area contributed by atoms with E-state index in [1.54, 1.807) is 25.3 Å². The van der Waals surface area contributed by atoms with Crippen LogP contribution in [0.1, 0.15) is 36.5 Å². The van der Waals surface area contributed by atoms with E-state index in [4.69, 9.17) is 4.74 Å². The molecule has 86 valence electrons. The van der Waals surface area contributed by atoms with Crippen LogP contribution >= 0.6 is 0 Å². The molecule has 0 aliphatic rings. The van der Waals surface area contributed by atoms with Crippen LogP contribution in [0.5, 0.6) is 0 Å². The average molecular weight is 221 g/mol. The molecule has 0 atom stereocenters. The predicted molar refractivity (Wildman–Crippen MR) is 59.1 cm³/mol. The lowest BCUT2D eigenvalue weighted by Crippen LogP contribution is -2.05. The Hall–Kier alpha value is -1.71. The third-order valence-corrected chi connectivity index (χ3v) is 2.07. The van der Waals surface area contributed by atoms with E-state index in [0.29, 0.717) is 31.4 Å². The largest absolute Gasteiger partial charge is 0.466 e. The maximum atomic E-state index is 11.6. The summed E-state index contributed by atoms with van der Waals surface area (Å²) in [5, 5.41) is 0. The number of hydrogen-bond donors (Lipinski definition) is 0. The molecule has 0 aliphatic heterocycles. The van der Waals surface area contributed by atoms with Crippen molar-refractivity contribution in [2.75, 3.05) is 6.61 Å². The number of esters is 1. The summed E-state index contributed by atoms with van der Waals surface area (Å²) in [7, 11) is 0. The summed E-state index contributed by atoms with van der Waals surface area (Å²) in [4.78, 5) is 26.5.